The molecule has 5 nitrogen and oxygen atoms in total. The van der Waals surface area contributed by atoms with E-state index in [4.69, 9.17) is 0 Å². The van der Waals surface area contributed by atoms with Gasteiger partial charge >= 0.3 is 0 Å². The highest BCUT2D eigenvalue weighted by Crippen LogP contribution is 2.14. The first-order valence-corrected chi connectivity index (χ1v) is 7.62. The van der Waals surface area contributed by atoms with Gasteiger partial charge < -0.3 is 14.8 Å². The monoisotopic (exact) mass is 287 g/mol. The number of rotatable bonds is 8. The molecular weight excluding hydrogens is 262 g/mol. The fourth-order valence-corrected chi connectivity index (χ4v) is 2.38. The Labute approximate surface area is 127 Å². The van der Waals surface area contributed by atoms with Crippen LogP contribution in [0.25, 0.3) is 0 Å². The summed E-state index contributed by atoms with van der Waals surface area (Å²) >= 11 is 0. The molecule has 0 aliphatic heterocycles. The normalized spacial score (nSPS) is 10.8. The molecule has 1 N–H and O–H groups in total. The summed E-state index contributed by atoms with van der Waals surface area (Å²) in [6.07, 6.45) is 2.63. The lowest BCUT2D eigenvalue weighted by Crippen LogP contribution is -2.22. The highest BCUT2D eigenvalue weighted by atomic mass is 15.2. The van der Waals surface area contributed by atoms with Gasteiger partial charge in [-0.15, -0.1) is 10.2 Å². The molecule has 0 aliphatic carbocycles. The first-order chi connectivity index (χ1) is 10.2. The third kappa shape index (κ3) is 4.29. The summed E-state index contributed by atoms with van der Waals surface area (Å²) in [6, 6.07) is 8.80. The van der Waals surface area contributed by atoms with Gasteiger partial charge in [0, 0.05) is 45.3 Å². The standard InChI is InChI=1S/C16H25N5/c1-4-21(5-2)15-8-6-14(7-9-15)12-17-11-10-16-19-18-13-20(16)3/h6-9,13,17H,4-5,10-12H2,1-3H3. The van der Waals surface area contributed by atoms with Gasteiger partial charge in [-0.1, -0.05) is 12.1 Å². The molecule has 0 unspecified atom stereocenters. The molecule has 0 radical (unpaired) electrons. The highest BCUT2D eigenvalue weighted by molar-refractivity contribution is 5.47. The van der Waals surface area contributed by atoms with Gasteiger partial charge in [0.1, 0.15) is 12.2 Å². The maximum Gasteiger partial charge on any atom is 0.133 e. The van der Waals surface area contributed by atoms with Crippen LogP contribution in [0.1, 0.15) is 25.2 Å². The van der Waals surface area contributed by atoms with Crippen LogP contribution in [0.3, 0.4) is 0 Å². The summed E-state index contributed by atoms with van der Waals surface area (Å²) in [6.45, 7) is 8.26. The van der Waals surface area contributed by atoms with Crippen LogP contribution < -0.4 is 10.2 Å². The molecule has 0 aliphatic rings. The van der Waals surface area contributed by atoms with E-state index < -0.39 is 0 Å². The zero-order chi connectivity index (χ0) is 15.1. The molecule has 0 saturated carbocycles. The molecule has 2 rings (SSSR count). The fraction of sp³-hybridized carbons (Fsp3) is 0.500. The lowest BCUT2D eigenvalue weighted by atomic mass is 10.2. The van der Waals surface area contributed by atoms with Gasteiger partial charge in [-0.25, -0.2) is 0 Å². The first kappa shape index (κ1) is 15.5. The minimum atomic E-state index is 0.885. The third-order valence-corrected chi connectivity index (χ3v) is 3.72. The largest absolute Gasteiger partial charge is 0.372 e. The molecule has 1 heterocycles. The number of benzene rings is 1. The lowest BCUT2D eigenvalue weighted by molar-refractivity contribution is 0.654. The fourth-order valence-electron chi connectivity index (χ4n) is 2.38. The average molecular weight is 287 g/mol. The first-order valence-electron chi connectivity index (χ1n) is 7.62. The topological polar surface area (TPSA) is 46.0 Å². The summed E-state index contributed by atoms with van der Waals surface area (Å²) in [5, 5.41) is 11.4. The molecular formula is C16H25N5. The van der Waals surface area contributed by atoms with Crippen LogP contribution >= 0.6 is 0 Å². The molecule has 0 bridgehead atoms. The van der Waals surface area contributed by atoms with Crippen molar-refractivity contribution in [2.75, 3.05) is 24.5 Å². The lowest BCUT2D eigenvalue weighted by Gasteiger charge is -2.21. The molecule has 0 atom stereocenters. The molecule has 1 aromatic carbocycles. The quantitative estimate of drug-likeness (QED) is 0.754. The van der Waals surface area contributed by atoms with Crippen molar-refractivity contribution < 1.29 is 0 Å². The van der Waals surface area contributed by atoms with Crippen LogP contribution in [0.15, 0.2) is 30.6 Å². The SMILES string of the molecule is CCN(CC)c1ccc(CNCCc2nncn2C)cc1. The number of aromatic nitrogens is 3. The summed E-state index contributed by atoms with van der Waals surface area (Å²) < 4.78 is 1.96. The molecule has 0 saturated heterocycles. The minimum Gasteiger partial charge on any atom is -0.372 e. The number of anilines is 1. The van der Waals surface area contributed by atoms with Crippen LogP contribution in [0.4, 0.5) is 5.69 Å². The summed E-state index contributed by atoms with van der Waals surface area (Å²) in [5.74, 6) is 1.01. The van der Waals surface area contributed by atoms with Crippen LogP contribution in [-0.2, 0) is 20.0 Å². The second-order valence-electron chi connectivity index (χ2n) is 5.12. The maximum atomic E-state index is 4.08. The highest BCUT2D eigenvalue weighted by Gasteiger charge is 2.02. The van der Waals surface area contributed by atoms with Crippen molar-refractivity contribution in [3.63, 3.8) is 0 Å². The Balaban J connectivity index is 1.77. The Morgan fingerprint density at radius 2 is 1.86 bits per heavy atom. The van der Waals surface area contributed by atoms with Gasteiger partial charge in [-0.05, 0) is 31.5 Å². The van der Waals surface area contributed by atoms with Crippen molar-refractivity contribution >= 4 is 5.69 Å². The Kier molecular flexibility index (Phi) is 5.75. The number of nitrogens with zero attached hydrogens (tertiary/aromatic N) is 4. The van der Waals surface area contributed by atoms with Gasteiger partial charge in [-0.3, -0.25) is 0 Å². The number of hydrogen-bond donors (Lipinski definition) is 1. The van der Waals surface area contributed by atoms with Crippen LogP contribution in [0.2, 0.25) is 0 Å². The van der Waals surface area contributed by atoms with Gasteiger partial charge in [0.15, 0.2) is 0 Å². The predicted molar refractivity (Wildman–Crippen MR) is 86.4 cm³/mol. The summed E-state index contributed by atoms with van der Waals surface area (Å²) in [7, 11) is 1.97. The minimum absolute atomic E-state index is 0.885. The smallest absolute Gasteiger partial charge is 0.133 e. The Hall–Kier alpha value is -1.88. The zero-order valence-electron chi connectivity index (χ0n) is 13.2. The van der Waals surface area contributed by atoms with E-state index in [2.05, 4.69) is 58.5 Å². The van der Waals surface area contributed by atoms with E-state index in [1.165, 1.54) is 11.3 Å². The van der Waals surface area contributed by atoms with E-state index in [0.717, 1.165) is 38.4 Å². The van der Waals surface area contributed by atoms with Crippen molar-refractivity contribution in [1.29, 1.82) is 0 Å². The molecule has 0 spiro atoms. The average Bonchev–Trinajstić information content (AvgIpc) is 2.92. The van der Waals surface area contributed by atoms with E-state index >= 15 is 0 Å². The number of hydrogen-bond acceptors (Lipinski definition) is 4. The summed E-state index contributed by atoms with van der Waals surface area (Å²) in [4.78, 5) is 2.35. The number of aryl methyl sites for hydroxylation is 1. The van der Waals surface area contributed by atoms with E-state index in [1.54, 1.807) is 6.33 Å². The molecule has 5 heteroatoms. The van der Waals surface area contributed by atoms with Gasteiger partial charge in [0.25, 0.3) is 0 Å². The Morgan fingerprint density at radius 1 is 1.14 bits per heavy atom. The predicted octanol–water partition coefficient (Wildman–Crippen LogP) is 1.99. The van der Waals surface area contributed by atoms with E-state index in [-0.39, 0.29) is 0 Å². The summed E-state index contributed by atoms with van der Waals surface area (Å²) in [5.41, 5.74) is 2.60. The van der Waals surface area contributed by atoms with E-state index in [9.17, 15) is 0 Å². The van der Waals surface area contributed by atoms with E-state index in [1.807, 2.05) is 11.6 Å². The van der Waals surface area contributed by atoms with Crippen molar-refractivity contribution in [1.82, 2.24) is 20.1 Å². The molecule has 1 aromatic heterocycles. The van der Waals surface area contributed by atoms with Crippen molar-refractivity contribution in [2.45, 2.75) is 26.8 Å². The van der Waals surface area contributed by atoms with E-state index in [0.29, 0.717) is 0 Å². The molecule has 21 heavy (non-hydrogen) atoms. The van der Waals surface area contributed by atoms with Crippen molar-refractivity contribution in [2.24, 2.45) is 7.05 Å². The maximum absolute atomic E-state index is 4.08. The van der Waals surface area contributed by atoms with Crippen molar-refractivity contribution in [3.8, 4) is 0 Å². The third-order valence-electron chi connectivity index (χ3n) is 3.72. The van der Waals surface area contributed by atoms with Crippen LogP contribution in [0, 0.1) is 0 Å². The number of nitrogens with one attached hydrogen (secondary N) is 1. The second kappa shape index (κ2) is 7.78. The van der Waals surface area contributed by atoms with Crippen LogP contribution in [0.5, 0.6) is 0 Å². The van der Waals surface area contributed by atoms with Gasteiger partial charge in [-0.2, -0.15) is 0 Å². The van der Waals surface area contributed by atoms with Gasteiger partial charge in [0.05, 0.1) is 0 Å². The second-order valence-corrected chi connectivity index (χ2v) is 5.12. The molecule has 0 amide bonds. The Bertz CT molecular complexity index is 528. The van der Waals surface area contributed by atoms with Gasteiger partial charge in [0.2, 0.25) is 0 Å². The Morgan fingerprint density at radius 3 is 2.43 bits per heavy atom. The molecule has 0 fully saturated rings. The molecule has 114 valence electrons. The molecule has 2 aromatic rings. The van der Waals surface area contributed by atoms with Crippen molar-refractivity contribution in [3.05, 3.63) is 42.0 Å². The zero-order valence-corrected chi connectivity index (χ0v) is 13.2. The van der Waals surface area contributed by atoms with Crippen LogP contribution in [-0.4, -0.2) is 34.4 Å².